The van der Waals surface area contributed by atoms with Gasteiger partial charge in [-0.25, -0.2) is 0 Å². The van der Waals surface area contributed by atoms with E-state index in [0.29, 0.717) is 31.0 Å². The summed E-state index contributed by atoms with van der Waals surface area (Å²) in [5.41, 5.74) is 7.13. The molecule has 0 unspecified atom stereocenters. The van der Waals surface area contributed by atoms with Crippen LogP contribution in [-0.2, 0) is 11.3 Å². The number of H-pyrrole nitrogens is 1. The van der Waals surface area contributed by atoms with E-state index >= 15 is 0 Å². The summed E-state index contributed by atoms with van der Waals surface area (Å²) >= 11 is 0. The number of benzene rings is 1. The number of nitrogen functional groups attached to an aromatic ring is 1. The molecule has 0 aliphatic carbocycles. The molecule has 0 atom stereocenters. The quantitative estimate of drug-likeness (QED) is 0.677. The maximum Gasteiger partial charge on any atom is 0.223 e. The zero-order valence-corrected chi connectivity index (χ0v) is 10.4. The molecule has 19 heavy (non-hydrogen) atoms. The van der Waals surface area contributed by atoms with Crippen molar-refractivity contribution in [2.24, 2.45) is 0 Å². The van der Waals surface area contributed by atoms with Crippen molar-refractivity contribution in [2.75, 3.05) is 12.3 Å². The van der Waals surface area contributed by atoms with E-state index in [4.69, 9.17) is 10.5 Å². The summed E-state index contributed by atoms with van der Waals surface area (Å²) in [4.78, 5) is 11.5. The summed E-state index contributed by atoms with van der Waals surface area (Å²) in [7, 11) is 0. The first-order valence-corrected chi connectivity index (χ1v) is 5.97. The van der Waals surface area contributed by atoms with Gasteiger partial charge in [0.25, 0.3) is 0 Å². The summed E-state index contributed by atoms with van der Waals surface area (Å²) in [5.74, 6) is 0.597. The topological polar surface area (TPSA) is 93.0 Å². The average molecular weight is 260 g/mol. The Morgan fingerprint density at radius 1 is 1.42 bits per heavy atom. The fraction of sp³-hybridized carbons (Fsp3) is 0.231. The molecule has 100 valence electrons. The molecule has 0 spiro atoms. The van der Waals surface area contributed by atoms with Crippen molar-refractivity contribution in [1.29, 1.82) is 0 Å². The number of nitrogens with zero attached hydrogens (tertiary/aromatic N) is 1. The van der Waals surface area contributed by atoms with Crippen molar-refractivity contribution in [3.8, 4) is 5.75 Å². The lowest BCUT2D eigenvalue weighted by atomic mass is 10.3. The Bertz CT molecular complexity index is 525. The lowest BCUT2D eigenvalue weighted by molar-refractivity contribution is -0.121. The van der Waals surface area contributed by atoms with Crippen LogP contribution in [0.3, 0.4) is 0 Å². The first-order chi connectivity index (χ1) is 9.24. The Labute approximate surface area is 111 Å². The summed E-state index contributed by atoms with van der Waals surface area (Å²) in [5, 5.41) is 9.34. The number of rotatable bonds is 6. The number of anilines is 1. The van der Waals surface area contributed by atoms with E-state index in [-0.39, 0.29) is 5.91 Å². The molecule has 4 N–H and O–H groups in total. The van der Waals surface area contributed by atoms with E-state index in [0.717, 1.165) is 5.69 Å². The minimum absolute atomic E-state index is 0.0708. The van der Waals surface area contributed by atoms with Crippen molar-refractivity contribution >= 4 is 11.6 Å². The van der Waals surface area contributed by atoms with E-state index in [1.165, 1.54) is 0 Å². The molecule has 0 saturated heterocycles. The number of ether oxygens (including phenoxy) is 1. The highest BCUT2D eigenvalue weighted by atomic mass is 16.5. The van der Waals surface area contributed by atoms with Gasteiger partial charge in [0.15, 0.2) is 0 Å². The number of nitrogens with two attached hydrogens (primary N) is 1. The van der Waals surface area contributed by atoms with Crippen LogP contribution in [0.25, 0.3) is 0 Å². The van der Waals surface area contributed by atoms with E-state index in [1.54, 1.807) is 24.4 Å². The zero-order chi connectivity index (χ0) is 13.5. The number of aromatic nitrogens is 2. The molecule has 2 rings (SSSR count). The number of carbonyl (C=O) groups excluding carboxylic acids is 1. The molecule has 0 aliphatic rings. The molecular formula is C13H16N4O2. The summed E-state index contributed by atoms with van der Waals surface area (Å²) in [6.07, 6.45) is 1.94. The van der Waals surface area contributed by atoms with Crippen LogP contribution in [0.4, 0.5) is 5.69 Å². The molecule has 1 aromatic heterocycles. The van der Waals surface area contributed by atoms with E-state index < -0.39 is 0 Å². The van der Waals surface area contributed by atoms with Gasteiger partial charge in [-0.15, -0.1) is 0 Å². The lowest BCUT2D eigenvalue weighted by Gasteiger charge is -2.07. The molecule has 0 aliphatic heterocycles. The Balaban J connectivity index is 1.66. The lowest BCUT2D eigenvalue weighted by Crippen LogP contribution is -2.24. The number of carbonyl (C=O) groups is 1. The molecule has 1 amide bonds. The summed E-state index contributed by atoms with van der Waals surface area (Å²) in [6, 6.07) is 8.93. The van der Waals surface area contributed by atoms with Gasteiger partial charge in [-0.2, -0.15) is 5.10 Å². The van der Waals surface area contributed by atoms with Crippen molar-refractivity contribution in [3.63, 3.8) is 0 Å². The second-order valence-electron chi connectivity index (χ2n) is 4.03. The number of aromatic amines is 1. The minimum Gasteiger partial charge on any atom is -0.493 e. The van der Waals surface area contributed by atoms with E-state index in [1.807, 2.05) is 12.1 Å². The summed E-state index contributed by atoms with van der Waals surface area (Å²) < 4.78 is 5.43. The van der Waals surface area contributed by atoms with Gasteiger partial charge in [0.2, 0.25) is 5.91 Å². The van der Waals surface area contributed by atoms with Crippen molar-refractivity contribution in [1.82, 2.24) is 15.5 Å². The van der Waals surface area contributed by atoms with Gasteiger partial charge >= 0.3 is 0 Å². The number of amides is 1. The largest absolute Gasteiger partial charge is 0.493 e. The van der Waals surface area contributed by atoms with Gasteiger partial charge in [-0.05, 0) is 18.2 Å². The molecule has 1 aromatic carbocycles. The van der Waals surface area contributed by atoms with Crippen molar-refractivity contribution in [3.05, 3.63) is 42.2 Å². The van der Waals surface area contributed by atoms with Gasteiger partial charge < -0.3 is 15.8 Å². The fourth-order valence-corrected chi connectivity index (χ4v) is 1.53. The number of nitrogens with one attached hydrogen (secondary N) is 2. The van der Waals surface area contributed by atoms with Crippen molar-refractivity contribution in [2.45, 2.75) is 13.0 Å². The third-order valence-electron chi connectivity index (χ3n) is 2.49. The van der Waals surface area contributed by atoms with Crippen LogP contribution >= 0.6 is 0 Å². The molecule has 6 nitrogen and oxygen atoms in total. The molecular weight excluding hydrogens is 244 g/mol. The SMILES string of the molecule is Nc1cccc(OCCC(=O)NCc2ccn[nH]2)c1. The normalized spacial score (nSPS) is 10.1. The van der Waals surface area contributed by atoms with Crippen LogP contribution in [0.15, 0.2) is 36.5 Å². The Morgan fingerprint density at radius 2 is 2.32 bits per heavy atom. The van der Waals surface area contributed by atoms with Crippen molar-refractivity contribution < 1.29 is 9.53 Å². The zero-order valence-electron chi connectivity index (χ0n) is 10.4. The third-order valence-corrected chi connectivity index (χ3v) is 2.49. The second kappa shape index (κ2) is 6.44. The minimum atomic E-state index is -0.0708. The smallest absolute Gasteiger partial charge is 0.223 e. The Morgan fingerprint density at radius 3 is 3.05 bits per heavy atom. The first-order valence-electron chi connectivity index (χ1n) is 5.97. The highest BCUT2D eigenvalue weighted by Gasteiger charge is 2.02. The standard InChI is InChI=1S/C13H16N4O2/c14-10-2-1-3-12(8-10)19-7-5-13(18)15-9-11-4-6-16-17-11/h1-4,6,8H,5,7,9,14H2,(H,15,18)(H,16,17). The maximum atomic E-state index is 11.5. The van der Waals surface area contributed by atoms with E-state index in [9.17, 15) is 4.79 Å². The van der Waals surface area contributed by atoms with Gasteiger partial charge in [-0.1, -0.05) is 6.07 Å². The first kappa shape index (κ1) is 12.9. The Hall–Kier alpha value is -2.50. The van der Waals surface area contributed by atoms with Crippen LogP contribution in [0, 0.1) is 0 Å². The third kappa shape index (κ3) is 4.34. The second-order valence-corrected chi connectivity index (χ2v) is 4.03. The molecule has 0 fully saturated rings. The molecule has 1 heterocycles. The molecule has 0 saturated carbocycles. The molecule has 6 heteroatoms. The molecule has 0 bridgehead atoms. The van der Waals surface area contributed by atoms with E-state index in [2.05, 4.69) is 15.5 Å². The maximum absolute atomic E-state index is 11.5. The predicted molar refractivity (Wildman–Crippen MR) is 71.4 cm³/mol. The monoisotopic (exact) mass is 260 g/mol. The number of hydrogen-bond donors (Lipinski definition) is 3. The summed E-state index contributed by atoms with van der Waals surface area (Å²) in [6.45, 7) is 0.759. The van der Waals surface area contributed by atoms with Crippen LogP contribution in [0.2, 0.25) is 0 Å². The van der Waals surface area contributed by atoms with Gasteiger partial charge in [0, 0.05) is 18.0 Å². The van der Waals surface area contributed by atoms with Gasteiger partial charge in [-0.3, -0.25) is 9.89 Å². The Kier molecular flexibility index (Phi) is 4.39. The predicted octanol–water partition coefficient (Wildman–Crippen LogP) is 1.08. The highest BCUT2D eigenvalue weighted by Crippen LogP contribution is 2.14. The van der Waals surface area contributed by atoms with Gasteiger partial charge in [0.1, 0.15) is 5.75 Å². The average Bonchev–Trinajstić information content (AvgIpc) is 2.89. The fourth-order valence-electron chi connectivity index (χ4n) is 1.53. The molecule has 2 aromatic rings. The molecule has 0 radical (unpaired) electrons. The van der Waals surface area contributed by atoms with Crippen LogP contribution in [0.1, 0.15) is 12.1 Å². The van der Waals surface area contributed by atoms with Crippen LogP contribution < -0.4 is 15.8 Å². The van der Waals surface area contributed by atoms with Crippen LogP contribution in [-0.4, -0.2) is 22.7 Å². The van der Waals surface area contributed by atoms with Gasteiger partial charge in [0.05, 0.1) is 25.3 Å². The van der Waals surface area contributed by atoms with Crippen LogP contribution in [0.5, 0.6) is 5.75 Å². The number of hydrogen-bond acceptors (Lipinski definition) is 4. The highest BCUT2D eigenvalue weighted by molar-refractivity contribution is 5.75.